The second-order valence-electron chi connectivity index (χ2n) is 7.72. The van der Waals surface area contributed by atoms with Crippen LogP contribution >= 0.6 is 0 Å². The Morgan fingerprint density at radius 3 is 1.72 bits per heavy atom. The van der Waals surface area contributed by atoms with Gasteiger partial charge >= 0.3 is 12.0 Å². The topological polar surface area (TPSA) is 131 Å². The van der Waals surface area contributed by atoms with Crippen molar-refractivity contribution in [3.63, 3.8) is 0 Å². The lowest BCUT2D eigenvalue weighted by molar-refractivity contribution is -0.166. The first kappa shape index (κ1) is 29.2. The number of aliphatic hydroxyl groups is 1. The van der Waals surface area contributed by atoms with Crippen molar-refractivity contribution in [2.45, 2.75) is 34.0 Å². The van der Waals surface area contributed by atoms with Gasteiger partial charge in [-0.2, -0.15) is 9.97 Å². The van der Waals surface area contributed by atoms with Crippen LogP contribution < -0.4 is 23.7 Å². The van der Waals surface area contributed by atoms with E-state index in [9.17, 15) is 9.90 Å². The Kier molecular flexibility index (Phi) is 10.9. The number of hydrogen-bond acceptors (Lipinski definition) is 11. The normalized spacial score (nSPS) is 11.3. The third kappa shape index (κ3) is 8.05. The number of nitrogens with zero attached hydrogens (tertiary/aromatic N) is 3. The minimum absolute atomic E-state index is 0.114. The van der Waals surface area contributed by atoms with Gasteiger partial charge in [0.2, 0.25) is 6.29 Å². The lowest BCUT2D eigenvalue weighted by Crippen LogP contribution is -2.24. The molecule has 3 aromatic rings. The fourth-order valence-corrected chi connectivity index (χ4v) is 3.46. The number of rotatable bonds is 15. The van der Waals surface area contributed by atoms with Crippen LogP contribution in [0.15, 0.2) is 49.1 Å². The van der Waals surface area contributed by atoms with Crippen molar-refractivity contribution >= 4 is 5.97 Å². The van der Waals surface area contributed by atoms with Crippen LogP contribution in [0.25, 0.3) is 22.8 Å². The molecule has 1 atom stereocenters. The highest BCUT2D eigenvalue weighted by molar-refractivity contribution is 5.81. The molecule has 1 heterocycles. The van der Waals surface area contributed by atoms with Crippen molar-refractivity contribution in [3.05, 3.63) is 49.1 Å². The average Bonchev–Trinajstić information content (AvgIpc) is 2.93. The van der Waals surface area contributed by atoms with Gasteiger partial charge in [-0.05, 0) is 52.0 Å². The van der Waals surface area contributed by atoms with Gasteiger partial charge in [0.25, 0.3) is 0 Å². The van der Waals surface area contributed by atoms with E-state index in [1.807, 2.05) is 27.7 Å². The average molecular weight is 540 g/mol. The molecule has 39 heavy (non-hydrogen) atoms. The van der Waals surface area contributed by atoms with E-state index in [0.717, 1.165) is 6.08 Å². The molecule has 0 aliphatic rings. The summed E-state index contributed by atoms with van der Waals surface area (Å²) in [5.41, 5.74) is 1.13. The van der Waals surface area contributed by atoms with Gasteiger partial charge in [0, 0.05) is 18.2 Å². The van der Waals surface area contributed by atoms with Gasteiger partial charge in [0.15, 0.2) is 18.3 Å². The van der Waals surface area contributed by atoms with E-state index in [1.165, 1.54) is 0 Å². The standard InChI is InChI=1S/C28H33N3O8/c1-6-24(32)39-25(33)17-38-28-30-26(20-13-11-18(34-7-2)15-22(20)36-9-4)29-27(31-28)21-14-12-19(35-8-3)16-23(21)37-10-5/h6,11-16,25,33H,1,7-10,17H2,2-5H3. The molecule has 0 saturated carbocycles. The molecule has 0 fully saturated rings. The van der Waals surface area contributed by atoms with E-state index in [-0.39, 0.29) is 17.7 Å². The number of esters is 1. The van der Waals surface area contributed by atoms with E-state index < -0.39 is 18.9 Å². The Labute approximate surface area is 227 Å². The van der Waals surface area contributed by atoms with Crippen LogP contribution in [0.3, 0.4) is 0 Å². The van der Waals surface area contributed by atoms with E-state index in [1.54, 1.807) is 36.4 Å². The summed E-state index contributed by atoms with van der Waals surface area (Å²) in [6, 6.07) is 10.5. The number of ether oxygens (including phenoxy) is 6. The summed E-state index contributed by atoms with van der Waals surface area (Å²) >= 11 is 0. The maximum Gasteiger partial charge on any atom is 0.332 e. The fraction of sp³-hybridized carbons (Fsp3) is 0.357. The quantitative estimate of drug-likeness (QED) is 0.169. The van der Waals surface area contributed by atoms with E-state index in [2.05, 4.69) is 16.5 Å². The third-order valence-electron chi connectivity index (χ3n) is 5.00. The molecule has 11 heteroatoms. The van der Waals surface area contributed by atoms with Gasteiger partial charge in [-0.25, -0.2) is 9.78 Å². The third-order valence-corrected chi connectivity index (χ3v) is 5.00. The Hall–Kier alpha value is -4.38. The molecule has 11 nitrogen and oxygen atoms in total. The summed E-state index contributed by atoms with van der Waals surface area (Å²) in [7, 11) is 0. The maximum atomic E-state index is 11.4. The van der Waals surface area contributed by atoms with Gasteiger partial charge < -0.3 is 33.5 Å². The smallest absolute Gasteiger partial charge is 0.332 e. The number of carbonyl (C=O) groups excluding carboxylic acids is 1. The Morgan fingerprint density at radius 1 is 0.795 bits per heavy atom. The lowest BCUT2D eigenvalue weighted by atomic mass is 10.1. The summed E-state index contributed by atoms with van der Waals surface area (Å²) < 4.78 is 33.3. The van der Waals surface area contributed by atoms with Crippen LogP contribution in [0.1, 0.15) is 27.7 Å². The molecule has 0 bridgehead atoms. The van der Waals surface area contributed by atoms with Crippen molar-refractivity contribution in [1.29, 1.82) is 0 Å². The molecule has 0 aliphatic heterocycles. The second kappa shape index (κ2) is 14.5. The molecule has 0 amide bonds. The second-order valence-corrected chi connectivity index (χ2v) is 7.72. The number of carbonyl (C=O) groups is 1. The zero-order chi connectivity index (χ0) is 28.2. The molecule has 1 N–H and O–H groups in total. The van der Waals surface area contributed by atoms with Gasteiger partial charge in [0.05, 0.1) is 37.6 Å². The largest absolute Gasteiger partial charge is 0.494 e. The van der Waals surface area contributed by atoms with Crippen LogP contribution in [0.4, 0.5) is 0 Å². The Morgan fingerprint density at radius 2 is 1.28 bits per heavy atom. The first-order valence-electron chi connectivity index (χ1n) is 12.6. The molecular formula is C28H33N3O8. The minimum atomic E-state index is -1.56. The van der Waals surface area contributed by atoms with Gasteiger partial charge in [-0.1, -0.05) is 6.58 Å². The molecule has 208 valence electrons. The van der Waals surface area contributed by atoms with Crippen LogP contribution in [-0.4, -0.2) is 65.4 Å². The minimum Gasteiger partial charge on any atom is -0.494 e. The molecule has 1 aromatic heterocycles. The van der Waals surface area contributed by atoms with E-state index in [0.29, 0.717) is 60.6 Å². The molecule has 2 aromatic carbocycles. The van der Waals surface area contributed by atoms with Crippen LogP contribution in [0.5, 0.6) is 29.0 Å². The number of aromatic nitrogens is 3. The van der Waals surface area contributed by atoms with Crippen LogP contribution in [0.2, 0.25) is 0 Å². The van der Waals surface area contributed by atoms with Gasteiger partial charge in [0.1, 0.15) is 23.0 Å². The van der Waals surface area contributed by atoms with Crippen LogP contribution in [-0.2, 0) is 9.53 Å². The fourth-order valence-electron chi connectivity index (χ4n) is 3.46. The highest BCUT2D eigenvalue weighted by Gasteiger charge is 2.20. The predicted molar refractivity (Wildman–Crippen MR) is 143 cm³/mol. The first-order valence-corrected chi connectivity index (χ1v) is 12.6. The SMILES string of the molecule is C=CC(=O)OC(O)COc1nc(-c2ccc(OCC)cc2OCC)nc(-c2ccc(OCC)cc2OCC)n1. The number of aliphatic hydroxyl groups excluding tert-OH is 1. The van der Waals surface area contributed by atoms with Crippen molar-refractivity contribution < 1.29 is 38.3 Å². The number of benzene rings is 2. The summed E-state index contributed by atoms with van der Waals surface area (Å²) in [6.45, 7) is 12.2. The molecule has 3 rings (SSSR count). The molecular weight excluding hydrogens is 506 g/mol. The number of hydrogen-bond donors (Lipinski definition) is 1. The molecule has 0 saturated heterocycles. The summed E-state index contributed by atoms with van der Waals surface area (Å²) in [5, 5.41) is 10.0. The predicted octanol–water partition coefficient (Wildman–Crippen LogP) is 4.23. The van der Waals surface area contributed by atoms with Gasteiger partial charge in [-0.15, -0.1) is 0 Å². The molecule has 0 aliphatic carbocycles. The van der Waals surface area contributed by atoms with Crippen molar-refractivity contribution in [3.8, 4) is 51.8 Å². The summed E-state index contributed by atoms with van der Waals surface area (Å²) in [6.07, 6.45) is -0.627. The Balaban J connectivity index is 2.11. The summed E-state index contributed by atoms with van der Waals surface area (Å²) in [4.78, 5) is 25.0. The molecule has 0 spiro atoms. The highest BCUT2D eigenvalue weighted by atomic mass is 16.7. The van der Waals surface area contributed by atoms with E-state index in [4.69, 9.17) is 33.4 Å². The Bertz CT molecular complexity index is 1190. The highest BCUT2D eigenvalue weighted by Crippen LogP contribution is 2.36. The van der Waals surface area contributed by atoms with Crippen molar-refractivity contribution in [1.82, 2.24) is 15.0 Å². The maximum absolute atomic E-state index is 11.4. The summed E-state index contributed by atoms with van der Waals surface area (Å²) in [5.74, 6) is 1.97. The monoisotopic (exact) mass is 539 g/mol. The van der Waals surface area contributed by atoms with Gasteiger partial charge in [-0.3, -0.25) is 0 Å². The van der Waals surface area contributed by atoms with Crippen LogP contribution in [0, 0.1) is 0 Å². The zero-order valence-corrected chi connectivity index (χ0v) is 22.5. The molecule has 1 unspecified atom stereocenters. The first-order chi connectivity index (χ1) is 18.9. The zero-order valence-electron chi connectivity index (χ0n) is 22.5. The van der Waals surface area contributed by atoms with Crippen molar-refractivity contribution in [2.75, 3.05) is 33.0 Å². The van der Waals surface area contributed by atoms with Crippen molar-refractivity contribution in [2.24, 2.45) is 0 Å². The van der Waals surface area contributed by atoms with E-state index >= 15 is 0 Å². The lowest BCUT2D eigenvalue weighted by Gasteiger charge is -2.16. The molecule has 0 radical (unpaired) electrons.